The van der Waals surface area contributed by atoms with Gasteiger partial charge in [-0.15, -0.1) is 5.73 Å². The summed E-state index contributed by atoms with van der Waals surface area (Å²) in [5.74, 6) is 0.666. The number of allylic oxidation sites excluding steroid dienone is 8. The van der Waals surface area contributed by atoms with Gasteiger partial charge in [-0.3, -0.25) is 10.4 Å². The Hall–Kier alpha value is -6.43. The van der Waals surface area contributed by atoms with Crippen molar-refractivity contribution in [3.8, 4) is 11.1 Å². The minimum atomic E-state index is 0.121. The van der Waals surface area contributed by atoms with Crippen LogP contribution in [-0.2, 0) is 13.1 Å². The Balaban J connectivity index is 0.000000504. The standard InChI is InChI=1S/C45H44N4.C7H8N2/c46-42(36-17-6-2-7-18-36)29-44(37-19-8-3-9-20-37)49-32-35-16-11-22-39(28-35)41-25-26-48-43-24-12-23-40(45(41)43)38-21-10-15-34(27-38)31-47-30-33-13-4-1-5-14-33;8-7(9)6-4-2-1-3-5-6/h1,3-6,8,10-15,17-28,35,37,44,46-47,49H,2,7,16,29-32H2;1-5H,(H3,8,9). The molecule has 6 heteroatoms. The second-order valence-electron chi connectivity index (χ2n) is 14.9. The first-order valence-electron chi connectivity index (χ1n) is 20.3. The van der Waals surface area contributed by atoms with Crippen molar-refractivity contribution >= 4 is 28.0 Å². The molecule has 1 aromatic heterocycles. The van der Waals surface area contributed by atoms with E-state index in [4.69, 9.17) is 21.5 Å². The zero-order valence-corrected chi connectivity index (χ0v) is 32.9. The van der Waals surface area contributed by atoms with Crippen molar-refractivity contribution in [2.75, 3.05) is 6.54 Å². The fraction of sp³-hybridized carbons (Fsp3) is 0.192. The highest BCUT2D eigenvalue weighted by atomic mass is 14.9. The van der Waals surface area contributed by atoms with Gasteiger partial charge in [0.1, 0.15) is 5.84 Å². The quantitative estimate of drug-likeness (QED) is 0.0441. The number of nitrogens with two attached hydrogens (primary N) is 1. The highest BCUT2D eigenvalue weighted by molar-refractivity contribution is 6.04. The Morgan fingerprint density at radius 3 is 2.38 bits per heavy atom. The SMILES string of the molecule is N=C(CC(NCC1C=C(c2ccnc3cccc(-c4cccc(CNCc5ccccc5)c4)c23)C=CC1)C1C=C=CC=C1)C1=CCCC=C1.N=C(N)c1ccccc1. The lowest BCUT2D eigenvalue weighted by Crippen LogP contribution is -2.39. The first-order chi connectivity index (χ1) is 28.5. The smallest absolute Gasteiger partial charge is 0.122 e. The molecule has 0 fully saturated rings. The summed E-state index contributed by atoms with van der Waals surface area (Å²) in [5, 5.41) is 24.6. The molecule has 3 aliphatic rings. The molecule has 3 aliphatic carbocycles. The summed E-state index contributed by atoms with van der Waals surface area (Å²) in [7, 11) is 0. The van der Waals surface area contributed by atoms with Crippen LogP contribution in [0.2, 0.25) is 0 Å². The Morgan fingerprint density at radius 1 is 0.828 bits per heavy atom. The second-order valence-corrected chi connectivity index (χ2v) is 14.9. The summed E-state index contributed by atoms with van der Waals surface area (Å²) in [6.45, 7) is 2.49. The van der Waals surface area contributed by atoms with Crippen LogP contribution >= 0.6 is 0 Å². The zero-order chi connectivity index (χ0) is 39.9. The summed E-state index contributed by atoms with van der Waals surface area (Å²) in [6.07, 6.45) is 27.6. The molecule has 0 aliphatic heterocycles. The summed E-state index contributed by atoms with van der Waals surface area (Å²) in [6, 6.07) is 37.4. The molecule has 0 bridgehead atoms. The van der Waals surface area contributed by atoms with Crippen LogP contribution in [0.4, 0.5) is 0 Å². The number of aromatic nitrogens is 1. The maximum absolute atomic E-state index is 8.89. The van der Waals surface area contributed by atoms with Gasteiger partial charge in [-0.1, -0.05) is 140 Å². The minimum Gasteiger partial charge on any atom is -0.384 e. The summed E-state index contributed by atoms with van der Waals surface area (Å²) >= 11 is 0. The number of fused-ring (bicyclic) bond motifs is 1. The lowest BCUT2D eigenvalue weighted by atomic mass is 9.87. The van der Waals surface area contributed by atoms with Gasteiger partial charge in [-0.05, 0) is 94.5 Å². The number of hydrogen-bond donors (Lipinski definition) is 5. The average Bonchev–Trinajstić information content (AvgIpc) is 3.29. The zero-order valence-electron chi connectivity index (χ0n) is 32.9. The van der Waals surface area contributed by atoms with E-state index in [0.717, 1.165) is 55.5 Å². The van der Waals surface area contributed by atoms with Gasteiger partial charge < -0.3 is 21.8 Å². The van der Waals surface area contributed by atoms with Gasteiger partial charge in [0.2, 0.25) is 0 Å². The number of nitrogens with zero attached hydrogens (tertiary/aromatic N) is 1. The first kappa shape index (κ1) is 39.8. The van der Waals surface area contributed by atoms with E-state index in [2.05, 4.69) is 150 Å². The normalized spacial score (nSPS) is 17.2. The van der Waals surface area contributed by atoms with Crippen molar-refractivity contribution in [3.63, 3.8) is 0 Å². The van der Waals surface area contributed by atoms with Crippen molar-refractivity contribution in [2.45, 2.75) is 44.8 Å². The molecular weight excluding hydrogens is 709 g/mol. The molecule has 290 valence electrons. The molecular formula is C52H52N6. The van der Waals surface area contributed by atoms with Crippen LogP contribution < -0.4 is 16.4 Å². The molecule has 8 rings (SSSR count). The fourth-order valence-electron chi connectivity index (χ4n) is 7.70. The Labute approximate surface area is 343 Å². The Bertz CT molecular complexity index is 2420. The van der Waals surface area contributed by atoms with Crippen molar-refractivity contribution < 1.29 is 0 Å². The van der Waals surface area contributed by atoms with E-state index >= 15 is 0 Å². The summed E-state index contributed by atoms with van der Waals surface area (Å²) in [5.41, 5.74) is 19.4. The largest absolute Gasteiger partial charge is 0.384 e. The second kappa shape index (κ2) is 20.1. The first-order valence-corrected chi connectivity index (χ1v) is 20.3. The van der Waals surface area contributed by atoms with Gasteiger partial charge in [0.15, 0.2) is 0 Å². The topological polar surface area (TPSA) is 111 Å². The van der Waals surface area contributed by atoms with Gasteiger partial charge in [0.25, 0.3) is 0 Å². The van der Waals surface area contributed by atoms with Crippen molar-refractivity contribution in [2.24, 2.45) is 17.6 Å². The van der Waals surface area contributed by atoms with Crippen molar-refractivity contribution in [1.82, 2.24) is 15.6 Å². The van der Waals surface area contributed by atoms with Crippen molar-refractivity contribution in [3.05, 3.63) is 210 Å². The Kier molecular flexibility index (Phi) is 13.8. The molecule has 3 unspecified atom stereocenters. The van der Waals surface area contributed by atoms with Crippen LogP contribution in [0.1, 0.15) is 47.9 Å². The molecule has 0 spiro atoms. The third kappa shape index (κ3) is 10.7. The third-order valence-corrected chi connectivity index (χ3v) is 10.7. The molecule has 6 nitrogen and oxygen atoms in total. The fourth-order valence-corrected chi connectivity index (χ4v) is 7.70. The number of nitrogen functional groups attached to an aromatic ring is 1. The molecule has 0 radical (unpaired) electrons. The molecule has 3 atom stereocenters. The van der Waals surface area contributed by atoms with Crippen LogP contribution in [0.5, 0.6) is 0 Å². The van der Waals surface area contributed by atoms with Gasteiger partial charge in [-0.2, -0.15) is 0 Å². The molecule has 5 aromatic rings. The minimum absolute atomic E-state index is 0.121. The van der Waals surface area contributed by atoms with E-state index in [1.165, 1.54) is 38.8 Å². The van der Waals surface area contributed by atoms with Gasteiger partial charge in [0.05, 0.1) is 5.52 Å². The van der Waals surface area contributed by atoms with Crippen molar-refractivity contribution in [1.29, 1.82) is 10.8 Å². The lowest BCUT2D eigenvalue weighted by molar-refractivity contribution is 0.434. The van der Waals surface area contributed by atoms with Crippen LogP contribution in [0.15, 0.2) is 187 Å². The van der Waals surface area contributed by atoms with Crippen LogP contribution in [0.3, 0.4) is 0 Å². The monoisotopic (exact) mass is 760 g/mol. The Morgan fingerprint density at radius 2 is 1.62 bits per heavy atom. The molecule has 0 amide bonds. The summed E-state index contributed by atoms with van der Waals surface area (Å²) in [4.78, 5) is 4.80. The van der Waals surface area contributed by atoms with E-state index < -0.39 is 0 Å². The van der Waals surface area contributed by atoms with Gasteiger partial charge in [-0.25, -0.2) is 0 Å². The predicted molar refractivity (Wildman–Crippen MR) is 243 cm³/mol. The highest BCUT2D eigenvalue weighted by Gasteiger charge is 2.23. The number of nitrogens with one attached hydrogen (secondary N) is 4. The number of benzene rings is 4. The molecule has 4 aromatic carbocycles. The molecule has 6 N–H and O–H groups in total. The van der Waals surface area contributed by atoms with Gasteiger partial charge in [0, 0.05) is 60.9 Å². The number of amidine groups is 1. The third-order valence-electron chi connectivity index (χ3n) is 10.7. The molecule has 58 heavy (non-hydrogen) atoms. The molecule has 1 heterocycles. The van der Waals surface area contributed by atoms with Crippen LogP contribution in [0, 0.1) is 22.7 Å². The van der Waals surface area contributed by atoms with E-state index in [9.17, 15) is 0 Å². The van der Waals surface area contributed by atoms with Crippen LogP contribution in [0.25, 0.3) is 27.6 Å². The van der Waals surface area contributed by atoms with E-state index in [-0.39, 0.29) is 17.8 Å². The van der Waals surface area contributed by atoms with E-state index in [0.29, 0.717) is 18.1 Å². The van der Waals surface area contributed by atoms with E-state index in [1.54, 1.807) is 0 Å². The van der Waals surface area contributed by atoms with Crippen LogP contribution in [-0.4, -0.2) is 29.1 Å². The average molecular weight is 761 g/mol. The van der Waals surface area contributed by atoms with Gasteiger partial charge >= 0.3 is 0 Å². The number of pyridine rings is 1. The number of hydrogen-bond acceptors (Lipinski definition) is 5. The predicted octanol–water partition coefficient (Wildman–Crippen LogP) is 10.7. The van der Waals surface area contributed by atoms with E-state index in [1.807, 2.05) is 42.6 Å². The highest BCUT2D eigenvalue weighted by Crippen LogP contribution is 2.36. The summed E-state index contributed by atoms with van der Waals surface area (Å²) < 4.78 is 0. The number of rotatable bonds is 14. The molecule has 0 saturated carbocycles. The lowest BCUT2D eigenvalue weighted by Gasteiger charge is -2.27. The molecule has 0 saturated heterocycles. The maximum atomic E-state index is 8.89. The maximum Gasteiger partial charge on any atom is 0.122 e.